The van der Waals surface area contributed by atoms with Crippen LogP contribution in [0.25, 0.3) is 16.5 Å². The molecule has 3 N–H and O–H groups in total. The Labute approximate surface area is 148 Å². The molecule has 25 heavy (non-hydrogen) atoms. The zero-order chi connectivity index (χ0) is 17.1. The second kappa shape index (κ2) is 5.31. The molecule has 3 aromatic rings. The van der Waals surface area contributed by atoms with E-state index in [0.29, 0.717) is 12.6 Å². The lowest BCUT2D eigenvalue weighted by molar-refractivity contribution is 0.683. The molecule has 2 heterocycles. The SMILES string of the molecule is Cn1c2c(c3cc(S(=O)c4ccc(CN)cc4)ccc31)C1CC2=CN1. The van der Waals surface area contributed by atoms with Gasteiger partial charge >= 0.3 is 0 Å². The highest BCUT2D eigenvalue weighted by Gasteiger charge is 2.35. The first-order chi connectivity index (χ1) is 12.2. The normalized spacial score (nSPS) is 19.0. The minimum absolute atomic E-state index is 0.362. The zero-order valence-corrected chi connectivity index (χ0v) is 14.8. The summed E-state index contributed by atoms with van der Waals surface area (Å²) in [5, 5.41) is 4.66. The third-order valence-electron chi connectivity index (χ3n) is 5.33. The highest BCUT2D eigenvalue weighted by atomic mass is 32.2. The van der Waals surface area contributed by atoms with E-state index in [1.807, 2.05) is 30.3 Å². The molecule has 0 spiro atoms. The second-order valence-corrected chi connectivity index (χ2v) is 8.19. The summed E-state index contributed by atoms with van der Waals surface area (Å²) in [5.41, 5.74) is 11.9. The molecule has 1 aliphatic carbocycles. The van der Waals surface area contributed by atoms with E-state index in [9.17, 15) is 4.21 Å². The van der Waals surface area contributed by atoms with E-state index in [4.69, 9.17) is 5.73 Å². The van der Waals surface area contributed by atoms with E-state index in [2.05, 4.69) is 35.3 Å². The summed E-state index contributed by atoms with van der Waals surface area (Å²) >= 11 is 0. The van der Waals surface area contributed by atoms with Gasteiger partial charge in [-0.2, -0.15) is 0 Å². The molecule has 1 aliphatic heterocycles. The van der Waals surface area contributed by atoms with Crippen LogP contribution >= 0.6 is 0 Å². The van der Waals surface area contributed by atoms with Crippen molar-refractivity contribution >= 4 is 27.3 Å². The molecule has 2 aliphatic rings. The maximum Gasteiger partial charge on any atom is 0.0849 e. The van der Waals surface area contributed by atoms with Crippen LogP contribution in [0.4, 0.5) is 0 Å². The minimum atomic E-state index is -1.19. The molecule has 2 aromatic carbocycles. The first-order valence-corrected chi connectivity index (χ1v) is 9.61. The molecule has 126 valence electrons. The van der Waals surface area contributed by atoms with Gasteiger partial charge in [-0.25, -0.2) is 4.21 Å². The molecule has 4 nitrogen and oxygen atoms in total. The van der Waals surface area contributed by atoms with Gasteiger partial charge in [0.25, 0.3) is 0 Å². The lowest BCUT2D eigenvalue weighted by Crippen LogP contribution is -2.10. The number of aromatic nitrogens is 1. The lowest BCUT2D eigenvalue weighted by Gasteiger charge is -2.10. The van der Waals surface area contributed by atoms with E-state index in [1.165, 1.54) is 27.7 Å². The monoisotopic (exact) mass is 349 g/mol. The number of nitrogens with zero attached hydrogens (tertiary/aromatic N) is 1. The highest BCUT2D eigenvalue weighted by Crippen LogP contribution is 2.48. The van der Waals surface area contributed by atoms with Gasteiger partial charge in [0.15, 0.2) is 0 Å². The molecule has 1 aromatic heterocycles. The van der Waals surface area contributed by atoms with Crippen LogP contribution in [0, 0.1) is 0 Å². The number of nitrogens with one attached hydrogen (secondary N) is 1. The van der Waals surface area contributed by atoms with Crippen LogP contribution in [0.3, 0.4) is 0 Å². The van der Waals surface area contributed by atoms with Gasteiger partial charge in [0.1, 0.15) is 0 Å². The molecular formula is C20H19N3OS. The van der Waals surface area contributed by atoms with Crippen molar-refractivity contribution in [1.29, 1.82) is 0 Å². The van der Waals surface area contributed by atoms with Gasteiger partial charge in [0.2, 0.25) is 0 Å². The number of fused-ring (bicyclic) bond motifs is 7. The predicted octanol–water partition coefficient (Wildman–Crippen LogP) is 3.19. The first kappa shape index (κ1) is 14.9. The maximum absolute atomic E-state index is 13.0. The van der Waals surface area contributed by atoms with Gasteiger partial charge in [-0.3, -0.25) is 0 Å². The van der Waals surface area contributed by atoms with Gasteiger partial charge in [0.05, 0.1) is 22.5 Å². The number of rotatable bonds is 3. The van der Waals surface area contributed by atoms with Crippen LogP contribution in [-0.4, -0.2) is 8.78 Å². The molecular weight excluding hydrogens is 330 g/mol. The molecule has 5 rings (SSSR count). The Bertz CT molecular complexity index is 1060. The van der Waals surface area contributed by atoms with E-state index >= 15 is 0 Å². The molecule has 0 saturated heterocycles. The lowest BCUT2D eigenvalue weighted by atomic mass is 10.1. The Kier molecular flexibility index (Phi) is 3.17. The number of aryl methyl sites for hydroxylation is 1. The standard InChI is InChI=1S/C20H19N3OS/c1-23-18-7-6-15(25(24)14-4-2-12(10-21)3-5-14)9-16(18)19-17-8-13(11-22-17)20(19)23/h2-7,9,11,17,22H,8,10,21H2,1H3. The summed E-state index contributed by atoms with van der Waals surface area (Å²) in [6.45, 7) is 0.499. The predicted molar refractivity (Wildman–Crippen MR) is 100 cm³/mol. The summed E-state index contributed by atoms with van der Waals surface area (Å²) in [4.78, 5) is 1.66. The van der Waals surface area contributed by atoms with Crippen LogP contribution in [0.1, 0.15) is 29.3 Å². The molecule has 2 bridgehead atoms. The minimum Gasteiger partial charge on any atom is -0.383 e. The molecule has 5 heteroatoms. The highest BCUT2D eigenvalue weighted by molar-refractivity contribution is 7.85. The van der Waals surface area contributed by atoms with E-state index in [0.717, 1.165) is 21.8 Å². The fraction of sp³-hybridized carbons (Fsp3) is 0.200. The number of hydrogen-bond acceptors (Lipinski definition) is 3. The Morgan fingerprint density at radius 1 is 1.20 bits per heavy atom. The Hall–Kier alpha value is -2.37. The van der Waals surface area contributed by atoms with Gasteiger partial charge in [-0.1, -0.05) is 12.1 Å². The van der Waals surface area contributed by atoms with E-state index in [1.54, 1.807) is 0 Å². The Morgan fingerprint density at radius 2 is 1.96 bits per heavy atom. The van der Waals surface area contributed by atoms with Crippen molar-refractivity contribution in [2.75, 3.05) is 0 Å². The van der Waals surface area contributed by atoms with Crippen molar-refractivity contribution in [2.45, 2.75) is 28.8 Å². The number of nitrogens with two attached hydrogens (primary N) is 1. The van der Waals surface area contributed by atoms with Crippen LogP contribution in [0.2, 0.25) is 0 Å². The fourth-order valence-electron chi connectivity index (χ4n) is 4.08. The van der Waals surface area contributed by atoms with Crippen LogP contribution < -0.4 is 11.1 Å². The third-order valence-corrected chi connectivity index (χ3v) is 6.72. The van der Waals surface area contributed by atoms with E-state index in [-0.39, 0.29) is 0 Å². The molecule has 2 atom stereocenters. The summed E-state index contributed by atoms with van der Waals surface area (Å²) in [6, 6.07) is 14.2. The largest absolute Gasteiger partial charge is 0.383 e. The van der Waals surface area contributed by atoms with E-state index < -0.39 is 10.8 Å². The second-order valence-electron chi connectivity index (χ2n) is 6.71. The molecule has 0 radical (unpaired) electrons. The zero-order valence-electron chi connectivity index (χ0n) is 14.0. The van der Waals surface area contributed by atoms with Crippen molar-refractivity contribution in [1.82, 2.24) is 9.88 Å². The maximum atomic E-state index is 13.0. The average molecular weight is 349 g/mol. The third kappa shape index (κ3) is 2.06. The number of hydrogen-bond donors (Lipinski definition) is 2. The van der Waals surface area contributed by atoms with Crippen molar-refractivity contribution < 1.29 is 4.21 Å². The summed E-state index contributed by atoms with van der Waals surface area (Å²) in [5.74, 6) is 0. The quantitative estimate of drug-likeness (QED) is 0.763. The molecule has 0 amide bonds. The van der Waals surface area contributed by atoms with Crippen LogP contribution in [0.15, 0.2) is 58.5 Å². The van der Waals surface area contributed by atoms with Gasteiger partial charge in [-0.05, 0) is 41.5 Å². The fourth-order valence-corrected chi connectivity index (χ4v) is 5.16. The van der Waals surface area contributed by atoms with Gasteiger partial charge in [-0.15, -0.1) is 0 Å². The van der Waals surface area contributed by atoms with Crippen LogP contribution in [-0.2, 0) is 24.4 Å². The van der Waals surface area contributed by atoms with Crippen molar-refractivity contribution in [3.8, 4) is 0 Å². The molecule has 0 saturated carbocycles. The van der Waals surface area contributed by atoms with Crippen LogP contribution in [0.5, 0.6) is 0 Å². The topological polar surface area (TPSA) is 60.0 Å². The van der Waals surface area contributed by atoms with Gasteiger partial charge in [0, 0.05) is 52.5 Å². The smallest absolute Gasteiger partial charge is 0.0849 e. The molecule has 2 unspecified atom stereocenters. The average Bonchev–Trinajstić information content (AvgIpc) is 3.34. The summed E-state index contributed by atoms with van der Waals surface area (Å²) < 4.78 is 15.3. The summed E-state index contributed by atoms with van der Waals surface area (Å²) in [7, 11) is 0.929. The summed E-state index contributed by atoms with van der Waals surface area (Å²) in [6.07, 6.45) is 3.19. The molecule has 0 fully saturated rings. The van der Waals surface area contributed by atoms with Crippen molar-refractivity contribution in [3.05, 3.63) is 65.5 Å². The Balaban J connectivity index is 1.62. The van der Waals surface area contributed by atoms with Gasteiger partial charge < -0.3 is 15.6 Å². The number of benzene rings is 2. The first-order valence-electron chi connectivity index (χ1n) is 8.46. The van der Waals surface area contributed by atoms with Crippen molar-refractivity contribution in [3.63, 3.8) is 0 Å². The Morgan fingerprint density at radius 3 is 2.72 bits per heavy atom. The van der Waals surface area contributed by atoms with Crippen molar-refractivity contribution in [2.24, 2.45) is 12.8 Å².